The Morgan fingerprint density at radius 1 is 1.30 bits per heavy atom. The van der Waals surface area contributed by atoms with Gasteiger partial charge in [0.1, 0.15) is 0 Å². The summed E-state index contributed by atoms with van der Waals surface area (Å²) in [6.45, 7) is 7.86. The lowest BCUT2D eigenvalue weighted by Gasteiger charge is -2.34. The number of piperazine rings is 1. The van der Waals surface area contributed by atoms with Gasteiger partial charge in [0.05, 0.1) is 4.90 Å². The van der Waals surface area contributed by atoms with Crippen molar-refractivity contribution in [2.75, 3.05) is 26.7 Å². The van der Waals surface area contributed by atoms with Gasteiger partial charge in [-0.3, -0.25) is 4.79 Å². The Kier molecular flexibility index (Phi) is 5.44. The molecular formula is C16H25N3O3S. The van der Waals surface area contributed by atoms with E-state index >= 15 is 0 Å². The van der Waals surface area contributed by atoms with Crippen molar-refractivity contribution in [3.63, 3.8) is 0 Å². The summed E-state index contributed by atoms with van der Waals surface area (Å²) in [6, 6.07) is 6.22. The Morgan fingerprint density at radius 2 is 1.91 bits per heavy atom. The zero-order chi connectivity index (χ0) is 17.2. The number of nitrogens with zero attached hydrogens (tertiary/aromatic N) is 2. The first-order chi connectivity index (χ1) is 10.7. The fourth-order valence-electron chi connectivity index (χ4n) is 2.52. The molecule has 0 spiro atoms. The minimum absolute atomic E-state index is 0.0554. The summed E-state index contributed by atoms with van der Waals surface area (Å²) in [6.07, 6.45) is 0. The fourth-order valence-corrected chi connectivity index (χ4v) is 3.89. The molecule has 6 nitrogen and oxygen atoms in total. The molecule has 1 saturated heterocycles. The molecule has 1 N–H and O–H groups in total. The van der Waals surface area contributed by atoms with Gasteiger partial charge in [0.2, 0.25) is 10.0 Å². The molecule has 0 aromatic heterocycles. The van der Waals surface area contributed by atoms with Crippen LogP contribution in [-0.2, 0) is 10.0 Å². The number of carbonyl (C=O) groups is 1. The highest BCUT2D eigenvalue weighted by atomic mass is 32.2. The number of benzene rings is 1. The van der Waals surface area contributed by atoms with Crippen molar-refractivity contribution in [1.29, 1.82) is 0 Å². The predicted molar refractivity (Wildman–Crippen MR) is 89.9 cm³/mol. The number of nitrogens with one attached hydrogen (secondary N) is 1. The van der Waals surface area contributed by atoms with Crippen molar-refractivity contribution >= 4 is 15.9 Å². The van der Waals surface area contributed by atoms with Crippen LogP contribution in [0.15, 0.2) is 29.2 Å². The molecule has 0 unspecified atom stereocenters. The summed E-state index contributed by atoms with van der Waals surface area (Å²) in [5, 5.41) is 3.24. The molecule has 1 fully saturated rings. The van der Waals surface area contributed by atoms with Crippen LogP contribution in [0.3, 0.4) is 0 Å². The second-order valence-corrected chi connectivity index (χ2v) is 8.19. The van der Waals surface area contributed by atoms with Crippen molar-refractivity contribution in [3.05, 3.63) is 29.8 Å². The molecule has 0 aliphatic carbocycles. The predicted octanol–water partition coefficient (Wildman–Crippen LogP) is 1.15. The van der Waals surface area contributed by atoms with Gasteiger partial charge in [0.15, 0.2) is 0 Å². The van der Waals surface area contributed by atoms with Crippen LogP contribution < -0.4 is 5.32 Å². The van der Waals surface area contributed by atoms with Crippen molar-refractivity contribution in [2.45, 2.75) is 37.8 Å². The molecule has 1 atom stereocenters. The lowest BCUT2D eigenvalue weighted by Crippen LogP contribution is -2.52. The number of rotatable bonds is 4. The van der Waals surface area contributed by atoms with Crippen LogP contribution in [0.2, 0.25) is 0 Å². The molecule has 23 heavy (non-hydrogen) atoms. The smallest absolute Gasteiger partial charge is 0.254 e. The Morgan fingerprint density at radius 3 is 2.43 bits per heavy atom. The Balaban J connectivity index is 2.21. The zero-order valence-electron chi connectivity index (χ0n) is 14.1. The lowest BCUT2D eigenvalue weighted by molar-refractivity contribution is 0.0655. The SMILES string of the molecule is CC(C)N(C)S(=O)(=O)c1ccc(C(=O)N2CCNC[C@H]2C)cc1. The minimum atomic E-state index is -3.52. The highest BCUT2D eigenvalue weighted by Gasteiger charge is 2.26. The number of hydrogen-bond donors (Lipinski definition) is 1. The van der Waals surface area contributed by atoms with Crippen LogP contribution in [0.5, 0.6) is 0 Å². The summed E-state index contributed by atoms with van der Waals surface area (Å²) in [5.74, 6) is -0.0554. The molecule has 1 aliphatic heterocycles. The molecule has 1 amide bonds. The van der Waals surface area contributed by atoms with E-state index in [4.69, 9.17) is 0 Å². The van der Waals surface area contributed by atoms with Gasteiger partial charge in [-0.2, -0.15) is 4.31 Å². The highest BCUT2D eigenvalue weighted by Crippen LogP contribution is 2.18. The average molecular weight is 339 g/mol. The van der Waals surface area contributed by atoms with E-state index in [0.717, 1.165) is 13.1 Å². The standard InChI is InChI=1S/C16H25N3O3S/c1-12(2)18(4)23(21,22)15-7-5-14(6-8-15)16(20)19-10-9-17-11-13(19)3/h5-8,12-13,17H,9-11H2,1-4H3/t13-/m1/s1. The maximum Gasteiger partial charge on any atom is 0.254 e. The molecule has 1 aliphatic rings. The second-order valence-electron chi connectivity index (χ2n) is 6.19. The van der Waals surface area contributed by atoms with Crippen LogP contribution >= 0.6 is 0 Å². The van der Waals surface area contributed by atoms with Gasteiger partial charge in [-0.05, 0) is 45.0 Å². The molecule has 128 valence electrons. The minimum Gasteiger partial charge on any atom is -0.333 e. The topological polar surface area (TPSA) is 69.7 Å². The van der Waals surface area contributed by atoms with E-state index in [1.165, 1.54) is 16.4 Å². The molecule has 2 rings (SSSR count). The van der Waals surface area contributed by atoms with E-state index in [0.29, 0.717) is 12.1 Å². The van der Waals surface area contributed by atoms with E-state index in [1.807, 2.05) is 25.7 Å². The largest absolute Gasteiger partial charge is 0.333 e. The third kappa shape index (κ3) is 3.73. The third-order valence-electron chi connectivity index (χ3n) is 4.27. The number of carbonyl (C=O) groups excluding carboxylic acids is 1. The molecular weight excluding hydrogens is 314 g/mol. The van der Waals surface area contributed by atoms with Crippen LogP contribution in [0.4, 0.5) is 0 Å². The quantitative estimate of drug-likeness (QED) is 0.893. The van der Waals surface area contributed by atoms with Gasteiger partial charge in [-0.1, -0.05) is 0 Å². The van der Waals surface area contributed by atoms with E-state index in [9.17, 15) is 13.2 Å². The first kappa shape index (κ1) is 17.9. The maximum atomic E-state index is 12.6. The maximum absolute atomic E-state index is 12.6. The number of hydrogen-bond acceptors (Lipinski definition) is 4. The van der Waals surface area contributed by atoms with Gasteiger partial charge < -0.3 is 10.2 Å². The van der Waals surface area contributed by atoms with Crippen molar-refractivity contribution in [2.24, 2.45) is 0 Å². The van der Waals surface area contributed by atoms with Crippen LogP contribution in [-0.4, -0.2) is 62.3 Å². The van der Waals surface area contributed by atoms with E-state index < -0.39 is 10.0 Å². The number of sulfonamides is 1. The van der Waals surface area contributed by atoms with Crippen molar-refractivity contribution in [1.82, 2.24) is 14.5 Å². The third-order valence-corrected chi connectivity index (χ3v) is 6.32. The summed E-state index contributed by atoms with van der Waals surface area (Å²) in [5.41, 5.74) is 0.518. The van der Waals surface area contributed by atoms with E-state index in [-0.39, 0.29) is 22.9 Å². The van der Waals surface area contributed by atoms with Gasteiger partial charge in [-0.25, -0.2) is 8.42 Å². The molecule has 1 aromatic carbocycles. The van der Waals surface area contributed by atoms with Crippen molar-refractivity contribution in [3.8, 4) is 0 Å². The fraction of sp³-hybridized carbons (Fsp3) is 0.562. The first-order valence-electron chi connectivity index (χ1n) is 7.85. The summed E-state index contributed by atoms with van der Waals surface area (Å²) in [7, 11) is -1.96. The van der Waals surface area contributed by atoms with Crippen LogP contribution in [0, 0.1) is 0 Å². The highest BCUT2D eigenvalue weighted by molar-refractivity contribution is 7.89. The van der Waals surface area contributed by atoms with Gasteiger partial charge in [0, 0.05) is 44.3 Å². The summed E-state index contributed by atoms with van der Waals surface area (Å²) < 4.78 is 26.2. The number of amides is 1. The monoisotopic (exact) mass is 339 g/mol. The van der Waals surface area contributed by atoms with Gasteiger partial charge >= 0.3 is 0 Å². The summed E-state index contributed by atoms with van der Waals surface area (Å²) >= 11 is 0. The Labute approximate surface area is 138 Å². The molecule has 1 heterocycles. The first-order valence-corrected chi connectivity index (χ1v) is 9.29. The Hall–Kier alpha value is -1.44. The Bertz CT molecular complexity index is 656. The molecule has 0 radical (unpaired) electrons. The van der Waals surface area contributed by atoms with E-state index in [1.54, 1.807) is 19.2 Å². The van der Waals surface area contributed by atoms with Gasteiger partial charge in [-0.15, -0.1) is 0 Å². The van der Waals surface area contributed by atoms with Crippen LogP contribution in [0.1, 0.15) is 31.1 Å². The van der Waals surface area contributed by atoms with Crippen molar-refractivity contribution < 1.29 is 13.2 Å². The average Bonchev–Trinajstić information content (AvgIpc) is 2.54. The summed E-state index contributed by atoms with van der Waals surface area (Å²) in [4.78, 5) is 14.6. The molecule has 0 bridgehead atoms. The zero-order valence-corrected chi connectivity index (χ0v) is 14.9. The molecule has 0 saturated carbocycles. The normalized spacial score (nSPS) is 19.4. The van der Waals surface area contributed by atoms with Crippen LogP contribution in [0.25, 0.3) is 0 Å². The molecule has 1 aromatic rings. The second kappa shape index (κ2) is 6.98. The lowest BCUT2D eigenvalue weighted by atomic mass is 10.1. The molecule has 7 heteroatoms. The van der Waals surface area contributed by atoms with Gasteiger partial charge in [0.25, 0.3) is 5.91 Å². The van der Waals surface area contributed by atoms with E-state index in [2.05, 4.69) is 5.32 Å².